The van der Waals surface area contributed by atoms with Crippen molar-refractivity contribution < 1.29 is 4.79 Å². The summed E-state index contributed by atoms with van der Waals surface area (Å²) >= 11 is 0. The Kier molecular flexibility index (Phi) is 6.47. The summed E-state index contributed by atoms with van der Waals surface area (Å²) in [7, 11) is 0. The number of rotatable bonds is 5. The van der Waals surface area contributed by atoms with Crippen molar-refractivity contribution >= 4 is 5.78 Å². The maximum atomic E-state index is 11.1. The lowest BCUT2D eigenvalue weighted by Gasteiger charge is -2.01. The van der Waals surface area contributed by atoms with Crippen molar-refractivity contribution in [2.45, 2.75) is 46.5 Å². The average molecular weight is 166 g/mol. The third-order valence-electron chi connectivity index (χ3n) is 1.80. The van der Waals surface area contributed by atoms with Gasteiger partial charge in [-0.1, -0.05) is 13.8 Å². The second-order valence-corrected chi connectivity index (χ2v) is 3.25. The molecule has 0 aliphatic rings. The monoisotopic (exact) mass is 166 g/mol. The Balaban J connectivity index is 3.30. The van der Waals surface area contributed by atoms with Gasteiger partial charge >= 0.3 is 0 Å². The minimum Gasteiger partial charge on any atom is -0.299 e. The summed E-state index contributed by atoms with van der Waals surface area (Å²) in [6.45, 7) is 5.75. The zero-order valence-corrected chi connectivity index (χ0v) is 8.31. The van der Waals surface area contributed by atoms with Gasteiger partial charge in [0.1, 0.15) is 5.78 Å². The largest absolute Gasteiger partial charge is 0.299 e. The SMILES string of the molecule is CC#CCCCCC(=O)C(C)C. The number of carbonyl (C=O) groups is 1. The second kappa shape index (κ2) is 6.91. The number of hydrogen-bond donors (Lipinski definition) is 0. The number of unbranched alkanes of at least 4 members (excludes halogenated alkanes) is 2. The number of Topliss-reactive ketones (excluding diaryl/α,β-unsaturated/α-hetero) is 1. The van der Waals surface area contributed by atoms with Gasteiger partial charge in [-0.15, -0.1) is 11.8 Å². The fraction of sp³-hybridized carbons (Fsp3) is 0.727. The van der Waals surface area contributed by atoms with Crippen molar-refractivity contribution in [3.05, 3.63) is 0 Å². The fourth-order valence-corrected chi connectivity index (χ4v) is 0.926. The van der Waals surface area contributed by atoms with E-state index in [9.17, 15) is 4.79 Å². The van der Waals surface area contributed by atoms with E-state index in [2.05, 4.69) is 11.8 Å². The summed E-state index contributed by atoms with van der Waals surface area (Å²) in [5.41, 5.74) is 0. The highest BCUT2D eigenvalue weighted by molar-refractivity contribution is 5.80. The van der Waals surface area contributed by atoms with Gasteiger partial charge in [-0.2, -0.15) is 0 Å². The predicted molar refractivity (Wildman–Crippen MR) is 51.8 cm³/mol. The fourth-order valence-electron chi connectivity index (χ4n) is 0.926. The molecule has 68 valence electrons. The molecule has 0 atom stereocenters. The smallest absolute Gasteiger partial charge is 0.135 e. The first kappa shape index (κ1) is 11.2. The molecule has 1 nitrogen and oxygen atoms in total. The van der Waals surface area contributed by atoms with E-state index in [1.54, 1.807) is 0 Å². The molecule has 0 amide bonds. The molecule has 0 bridgehead atoms. The van der Waals surface area contributed by atoms with Crippen LogP contribution in [-0.4, -0.2) is 5.78 Å². The van der Waals surface area contributed by atoms with Crippen LogP contribution in [0.3, 0.4) is 0 Å². The quantitative estimate of drug-likeness (QED) is 0.453. The van der Waals surface area contributed by atoms with Crippen LogP contribution in [0.4, 0.5) is 0 Å². The van der Waals surface area contributed by atoms with E-state index in [4.69, 9.17) is 0 Å². The van der Waals surface area contributed by atoms with Gasteiger partial charge in [-0.25, -0.2) is 0 Å². The average Bonchev–Trinajstić information content (AvgIpc) is 2.03. The number of ketones is 1. The van der Waals surface area contributed by atoms with Gasteiger partial charge in [0.05, 0.1) is 0 Å². The van der Waals surface area contributed by atoms with Crippen LogP contribution < -0.4 is 0 Å². The van der Waals surface area contributed by atoms with E-state index in [-0.39, 0.29) is 5.92 Å². The van der Waals surface area contributed by atoms with E-state index in [0.717, 1.165) is 25.7 Å². The van der Waals surface area contributed by atoms with Crippen LogP contribution in [0, 0.1) is 17.8 Å². The topological polar surface area (TPSA) is 17.1 Å². The highest BCUT2D eigenvalue weighted by Crippen LogP contribution is 2.05. The minimum atomic E-state index is 0.197. The lowest BCUT2D eigenvalue weighted by molar-refractivity contribution is -0.122. The summed E-state index contributed by atoms with van der Waals surface area (Å²) in [5.74, 6) is 6.40. The second-order valence-electron chi connectivity index (χ2n) is 3.25. The zero-order chi connectivity index (χ0) is 9.40. The van der Waals surface area contributed by atoms with E-state index in [1.165, 1.54) is 0 Å². The van der Waals surface area contributed by atoms with Crippen molar-refractivity contribution in [3.8, 4) is 11.8 Å². The summed E-state index contributed by atoms with van der Waals surface area (Å²) in [4.78, 5) is 11.1. The molecule has 0 aliphatic heterocycles. The van der Waals surface area contributed by atoms with Crippen molar-refractivity contribution in [1.29, 1.82) is 0 Å². The van der Waals surface area contributed by atoms with Crippen LogP contribution in [0.15, 0.2) is 0 Å². The molecule has 0 aliphatic carbocycles. The molecule has 1 heteroatoms. The molecule has 0 fully saturated rings. The molecule has 0 unspecified atom stereocenters. The van der Waals surface area contributed by atoms with Crippen LogP contribution in [0.1, 0.15) is 46.5 Å². The lowest BCUT2D eigenvalue weighted by Crippen LogP contribution is -2.05. The standard InChI is InChI=1S/C11H18O/c1-4-5-6-7-8-9-11(12)10(2)3/h10H,6-9H2,1-3H3. The first-order valence-corrected chi connectivity index (χ1v) is 4.60. The van der Waals surface area contributed by atoms with Gasteiger partial charge < -0.3 is 0 Å². The Hall–Kier alpha value is -0.770. The molecule has 0 N–H and O–H groups in total. The normalized spacial score (nSPS) is 9.33. The molecule has 0 saturated carbocycles. The summed E-state index contributed by atoms with van der Waals surface area (Å²) < 4.78 is 0. The molecule has 0 heterocycles. The van der Waals surface area contributed by atoms with Crippen LogP contribution in [-0.2, 0) is 4.79 Å². The minimum absolute atomic E-state index is 0.197. The van der Waals surface area contributed by atoms with Crippen LogP contribution in [0.5, 0.6) is 0 Å². The van der Waals surface area contributed by atoms with Crippen molar-refractivity contribution in [1.82, 2.24) is 0 Å². The number of carbonyl (C=O) groups excluding carboxylic acids is 1. The zero-order valence-electron chi connectivity index (χ0n) is 8.31. The summed E-state index contributed by atoms with van der Waals surface area (Å²) in [6.07, 6.45) is 3.70. The molecule has 0 radical (unpaired) electrons. The maximum absolute atomic E-state index is 11.1. The Morgan fingerprint density at radius 2 is 2.00 bits per heavy atom. The van der Waals surface area contributed by atoms with Crippen molar-refractivity contribution in [3.63, 3.8) is 0 Å². The molecule has 0 aromatic carbocycles. The highest BCUT2D eigenvalue weighted by Gasteiger charge is 2.05. The van der Waals surface area contributed by atoms with E-state index in [1.807, 2.05) is 20.8 Å². The van der Waals surface area contributed by atoms with E-state index in [0.29, 0.717) is 5.78 Å². The van der Waals surface area contributed by atoms with Crippen LogP contribution in [0.25, 0.3) is 0 Å². The Bertz CT molecular complexity index is 181. The van der Waals surface area contributed by atoms with Crippen LogP contribution >= 0.6 is 0 Å². The Labute approximate surface area is 75.5 Å². The van der Waals surface area contributed by atoms with Gasteiger partial charge in [0.25, 0.3) is 0 Å². The van der Waals surface area contributed by atoms with Gasteiger partial charge in [-0.3, -0.25) is 4.79 Å². The van der Waals surface area contributed by atoms with Gasteiger partial charge in [0, 0.05) is 18.8 Å². The molecule has 0 aromatic rings. The van der Waals surface area contributed by atoms with E-state index >= 15 is 0 Å². The highest BCUT2D eigenvalue weighted by atomic mass is 16.1. The van der Waals surface area contributed by atoms with Crippen LogP contribution in [0.2, 0.25) is 0 Å². The van der Waals surface area contributed by atoms with Gasteiger partial charge in [-0.05, 0) is 19.8 Å². The molecular formula is C11H18O. The molecule has 12 heavy (non-hydrogen) atoms. The lowest BCUT2D eigenvalue weighted by atomic mass is 10.0. The first-order chi connectivity index (χ1) is 5.68. The molecular weight excluding hydrogens is 148 g/mol. The van der Waals surface area contributed by atoms with Gasteiger partial charge in [0.2, 0.25) is 0 Å². The van der Waals surface area contributed by atoms with Crippen molar-refractivity contribution in [2.75, 3.05) is 0 Å². The predicted octanol–water partition coefficient (Wildman–Crippen LogP) is 2.80. The summed E-state index contributed by atoms with van der Waals surface area (Å²) in [5, 5.41) is 0. The first-order valence-electron chi connectivity index (χ1n) is 4.60. The Morgan fingerprint density at radius 1 is 1.33 bits per heavy atom. The third-order valence-corrected chi connectivity index (χ3v) is 1.80. The summed E-state index contributed by atoms with van der Waals surface area (Å²) in [6, 6.07) is 0. The molecule has 0 spiro atoms. The number of hydrogen-bond acceptors (Lipinski definition) is 1. The molecule has 0 aromatic heterocycles. The van der Waals surface area contributed by atoms with Crippen molar-refractivity contribution in [2.24, 2.45) is 5.92 Å². The van der Waals surface area contributed by atoms with E-state index < -0.39 is 0 Å². The molecule has 0 saturated heterocycles. The van der Waals surface area contributed by atoms with Gasteiger partial charge in [0.15, 0.2) is 0 Å². The molecule has 0 rings (SSSR count). The Morgan fingerprint density at radius 3 is 2.50 bits per heavy atom. The third kappa shape index (κ3) is 5.97. The maximum Gasteiger partial charge on any atom is 0.135 e.